The van der Waals surface area contributed by atoms with Crippen molar-refractivity contribution >= 4 is 0 Å². The maximum Gasteiger partial charge on any atom is 0.170 e. The highest BCUT2D eigenvalue weighted by Gasteiger charge is 2.23. The molecule has 0 radical (unpaired) electrons. The van der Waals surface area contributed by atoms with Crippen molar-refractivity contribution in [3.8, 4) is 23.0 Å². The summed E-state index contributed by atoms with van der Waals surface area (Å²) in [5.74, 6) is 3.02. The number of benzene rings is 3. The third-order valence-electron chi connectivity index (χ3n) is 5.53. The lowest BCUT2D eigenvalue weighted by Crippen LogP contribution is -2.45. The van der Waals surface area contributed by atoms with E-state index in [4.69, 9.17) is 9.47 Å². The Labute approximate surface area is 185 Å². The average molecular weight is 415 g/mol. The highest BCUT2D eigenvalue weighted by atomic mass is 16.5. The van der Waals surface area contributed by atoms with E-state index in [9.17, 15) is 0 Å². The molecule has 0 bridgehead atoms. The van der Waals surface area contributed by atoms with Crippen molar-refractivity contribution in [1.29, 1.82) is 0 Å². The zero-order chi connectivity index (χ0) is 21.3. The highest BCUT2D eigenvalue weighted by molar-refractivity contribution is 5.48. The number of para-hydroxylation sites is 2. The fourth-order valence-corrected chi connectivity index (χ4v) is 3.96. The minimum Gasteiger partial charge on any atom is -0.453 e. The first kappa shape index (κ1) is 21.2. The molecule has 0 unspecified atom stereocenters. The van der Waals surface area contributed by atoms with Gasteiger partial charge in [-0.1, -0.05) is 48.5 Å². The number of nitrogens with one attached hydrogen (secondary N) is 1. The van der Waals surface area contributed by atoms with Gasteiger partial charge < -0.3 is 14.8 Å². The van der Waals surface area contributed by atoms with Gasteiger partial charge in [-0.25, -0.2) is 0 Å². The molecule has 0 saturated carbocycles. The van der Waals surface area contributed by atoms with Gasteiger partial charge in [0.25, 0.3) is 0 Å². The second-order valence-corrected chi connectivity index (χ2v) is 7.70. The van der Waals surface area contributed by atoms with Crippen molar-refractivity contribution in [2.75, 3.05) is 26.2 Å². The van der Waals surface area contributed by atoms with Crippen molar-refractivity contribution in [3.63, 3.8) is 0 Å². The molecule has 31 heavy (non-hydrogen) atoms. The molecule has 0 amide bonds. The van der Waals surface area contributed by atoms with Crippen LogP contribution in [0.25, 0.3) is 0 Å². The molecule has 1 heterocycles. The Bertz CT molecular complexity index is 953. The van der Waals surface area contributed by atoms with Crippen molar-refractivity contribution < 1.29 is 9.47 Å². The first-order valence-electron chi connectivity index (χ1n) is 11.0. The molecule has 1 N–H and O–H groups in total. The lowest BCUT2D eigenvalue weighted by molar-refractivity contribution is 0.166. The van der Waals surface area contributed by atoms with E-state index >= 15 is 0 Å². The van der Waals surface area contributed by atoms with Crippen LogP contribution in [0.2, 0.25) is 0 Å². The molecular weight excluding hydrogens is 384 g/mol. The number of piperazine rings is 1. The minimum atomic E-state index is 0.323. The molecule has 1 aliphatic rings. The van der Waals surface area contributed by atoms with Gasteiger partial charge in [0, 0.05) is 32.2 Å². The Kier molecular flexibility index (Phi) is 7.37. The van der Waals surface area contributed by atoms with Crippen molar-refractivity contribution in [3.05, 3.63) is 97.1 Å². The third-order valence-corrected chi connectivity index (χ3v) is 5.53. The molecule has 0 aliphatic carbocycles. The second kappa shape index (κ2) is 10.8. The zero-order valence-electron chi connectivity index (χ0n) is 17.9. The molecule has 1 saturated heterocycles. The summed E-state index contributed by atoms with van der Waals surface area (Å²) < 4.78 is 12.5. The first-order chi connectivity index (χ1) is 15.3. The summed E-state index contributed by atoms with van der Waals surface area (Å²) in [6.07, 6.45) is 4.02. The second-order valence-electron chi connectivity index (χ2n) is 7.70. The molecule has 0 spiro atoms. The predicted octanol–water partition coefficient (Wildman–Crippen LogP) is 6.18. The number of allylic oxidation sites excluding steroid dienone is 1. The minimum absolute atomic E-state index is 0.323. The lowest BCUT2D eigenvalue weighted by atomic mass is 9.99. The molecule has 160 valence electrons. The van der Waals surface area contributed by atoms with Crippen LogP contribution in [0.15, 0.2) is 91.5 Å². The van der Waals surface area contributed by atoms with Crippen LogP contribution in [0, 0.1) is 0 Å². The monoisotopic (exact) mass is 414 g/mol. The Morgan fingerprint density at radius 1 is 0.839 bits per heavy atom. The van der Waals surface area contributed by atoms with Gasteiger partial charge in [-0.15, -0.1) is 6.58 Å². The van der Waals surface area contributed by atoms with Gasteiger partial charge in [-0.05, 0) is 54.8 Å². The summed E-state index contributed by atoms with van der Waals surface area (Å²) in [6.45, 7) is 8.05. The molecule has 1 aliphatic heterocycles. The van der Waals surface area contributed by atoms with Gasteiger partial charge in [0.2, 0.25) is 0 Å². The first-order valence-corrected chi connectivity index (χ1v) is 11.0. The van der Waals surface area contributed by atoms with Crippen LogP contribution in [0.5, 0.6) is 23.0 Å². The summed E-state index contributed by atoms with van der Waals surface area (Å²) in [6, 6.07) is 26.4. The van der Waals surface area contributed by atoms with Gasteiger partial charge in [-0.3, -0.25) is 4.90 Å². The number of ether oxygens (including phenoxy) is 2. The smallest absolute Gasteiger partial charge is 0.170 e. The van der Waals surface area contributed by atoms with Crippen molar-refractivity contribution in [2.45, 2.75) is 18.9 Å². The van der Waals surface area contributed by atoms with Crippen LogP contribution in [0.3, 0.4) is 0 Å². The van der Waals surface area contributed by atoms with E-state index in [0.717, 1.165) is 56.3 Å². The molecule has 4 rings (SSSR count). The molecule has 0 aromatic heterocycles. The lowest BCUT2D eigenvalue weighted by Gasteiger charge is -2.35. The summed E-state index contributed by atoms with van der Waals surface area (Å²) >= 11 is 0. The van der Waals surface area contributed by atoms with Gasteiger partial charge >= 0.3 is 0 Å². The molecule has 3 aromatic carbocycles. The average Bonchev–Trinajstić information content (AvgIpc) is 2.83. The fourth-order valence-electron chi connectivity index (χ4n) is 3.96. The van der Waals surface area contributed by atoms with E-state index in [0.29, 0.717) is 11.8 Å². The maximum absolute atomic E-state index is 6.29. The van der Waals surface area contributed by atoms with E-state index in [1.165, 1.54) is 5.56 Å². The molecular formula is C27H30N2O2. The molecule has 4 heteroatoms. The van der Waals surface area contributed by atoms with E-state index < -0.39 is 0 Å². The highest BCUT2D eigenvalue weighted by Crippen LogP contribution is 2.38. The van der Waals surface area contributed by atoms with E-state index in [1.807, 2.05) is 72.8 Å². The van der Waals surface area contributed by atoms with Crippen LogP contribution in [0.4, 0.5) is 0 Å². The van der Waals surface area contributed by atoms with Crippen molar-refractivity contribution in [2.24, 2.45) is 0 Å². The number of rotatable bonds is 9. The zero-order valence-corrected chi connectivity index (χ0v) is 17.9. The quantitative estimate of drug-likeness (QED) is 0.424. The van der Waals surface area contributed by atoms with Crippen LogP contribution >= 0.6 is 0 Å². The predicted molar refractivity (Wildman–Crippen MR) is 126 cm³/mol. The standard InChI is InChI=1S/C27H30N2O2/c1-2-3-14-25(29-19-17-28-18-20-29)22-15-16-26(30-23-10-6-4-7-11-23)27(21-22)31-24-12-8-5-9-13-24/h2,4-13,15-16,21,25,28H,1,3,14,17-20H2/t25-/m0/s1. The normalized spacial score (nSPS) is 15.2. The Hall–Kier alpha value is -3.08. The van der Waals surface area contributed by atoms with E-state index in [2.05, 4.69) is 28.9 Å². The molecule has 1 fully saturated rings. The topological polar surface area (TPSA) is 33.7 Å². The van der Waals surface area contributed by atoms with Crippen LogP contribution in [-0.4, -0.2) is 31.1 Å². The number of hydrogen-bond acceptors (Lipinski definition) is 4. The van der Waals surface area contributed by atoms with Gasteiger partial charge in [0.15, 0.2) is 11.5 Å². The summed E-state index contributed by atoms with van der Waals surface area (Å²) in [7, 11) is 0. The molecule has 3 aromatic rings. The Morgan fingerprint density at radius 3 is 2.06 bits per heavy atom. The SMILES string of the molecule is C=CCC[C@@H](c1ccc(Oc2ccccc2)c(Oc2ccccc2)c1)N1CCNCC1. The van der Waals surface area contributed by atoms with Crippen LogP contribution in [-0.2, 0) is 0 Å². The summed E-state index contributed by atoms with van der Waals surface area (Å²) in [5.41, 5.74) is 1.25. The van der Waals surface area contributed by atoms with Crippen LogP contribution in [0.1, 0.15) is 24.4 Å². The van der Waals surface area contributed by atoms with E-state index in [1.54, 1.807) is 0 Å². The Balaban J connectivity index is 1.67. The van der Waals surface area contributed by atoms with E-state index in [-0.39, 0.29) is 0 Å². The Morgan fingerprint density at radius 2 is 1.45 bits per heavy atom. The number of nitrogens with zero attached hydrogens (tertiary/aromatic N) is 1. The molecule has 4 nitrogen and oxygen atoms in total. The van der Waals surface area contributed by atoms with Crippen molar-refractivity contribution in [1.82, 2.24) is 10.2 Å². The fraction of sp³-hybridized carbons (Fsp3) is 0.259. The molecule has 1 atom stereocenters. The number of hydrogen-bond donors (Lipinski definition) is 1. The van der Waals surface area contributed by atoms with Gasteiger partial charge in [-0.2, -0.15) is 0 Å². The summed E-state index contributed by atoms with van der Waals surface area (Å²) in [5, 5.41) is 3.45. The van der Waals surface area contributed by atoms with Crippen LogP contribution < -0.4 is 14.8 Å². The summed E-state index contributed by atoms with van der Waals surface area (Å²) in [4.78, 5) is 2.55. The third kappa shape index (κ3) is 5.75. The van der Waals surface area contributed by atoms with Gasteiger partial charge in [0.05, 0.1) is 0 Å². The van der Waals surface area contributed by atoms with Gasteiger partial charge in [0.1, 0.15) is 11.5 Å². The maximum atomic E-state index is 6.29. The largest absolute Gasteiger partial charge is 0.453 e.